The van der Waals surface area contributed by atoms with E-state index in [9.17, 15) is 20.4 Å². The second-order valence-electron chi connectivity index (χ2n) is 13.1. The van der Waals surface area contributed by atoms with Gasteiger partial charge in [0.05, 0.1) is 58.8 Å². The number of aliphatic hydroxyl groups is 3. The number of ether oxygens (including phenoxy) is 3. The van der Waals surface area contributed by atoms with Gasteiger partial charge in [-0.05, 0) is 42.0 Å². The number of hydrogen-bond donors (Lipinski definition) is 5. The van der Waals surface area contributed by atoms with Gasteiger partial charge in [0.2, 0.25) is 0 Å². The van der Waals surface area contributed by atoms with Gasteiger partial charge in [-0.2, -0.15) is 0 Å². The predicted molar refractivity (Wildman–Crippen MR) is 168 cm³/mol. The molecule has 9 nitrogen and oxygen atoms in total. The van der Waals surface area contributed by atoms with Crippen molar-refractivity contribution in [3.63, 3.8) is 0 Å². The number of aromatic hydroxyl groups is 1. The van der Waals surface area contributed by atoms with Gasteiger partial charge in [0.15, 0.2) is 0 Å². The van der Waals surface area contributed by atoms with Crippen molar-refractivity contribution in [3.05, 3.63) is 65.2 Å². The summed E-state index contributed by atoms with van der Waals surface area (Å²) in [5.41, 5.74) is 1.13. The highest BCUT2D eigenvalue weighted by Crippen LogP contribution is 2.42. The summed E-state index contributed by atoms with van der Waals surface area (Å²) in [4.78, 5) is 0. The molecule has 2 bridgehead atoms. The molecule has 2 aromatic carbocycles. The molecule has 0 aromatic heterocycles. The minimum Gasteiger partial charge on any atom is -0.508 e. The summed E-state index contributed by atoms with van der Waals surface area (Å²) in [5.74, 6) is 0.873. The largest absolute Gasteiger partial charge is 0.508 e. The van der Waals surface area contributed by atoms with Gasteiger partial charge in [-0.1, -0.05) is 49.2 Å². The van der Waals surface area contributed by atoms with E-state index in [1.54, 1.807) is 12.1 Å². The van der Waals surface area contributed by atoms with Crippen LogP contribution in [-0.4, -0.2) is 103 Å². The zero-order chi connectivity index (χ0) is 30.8. The summed E-state index contributed by atoms with van der Waals surface area (Å²) in [5, 5.41) is 44.4. The summed E-state index contributed by atoms with van der Waals surface area (Å²) in [7, 11) is 0. The van der Waals surface area contributed by atoms with Gasteiger partial charge in [-0.15, -0.1) is 0 Å². The fourth-order valence-electron chi connectivity index (χ4n) is 7.55. The highest BCUT2D eigenvalue weighted by Gasteiger charge is 2.48. The van der Waals surface area contributed by atoms with Crippen LogP contribution in [-0.2, 0) is 26.4 Å². The maximum absolute atomic E-state index is 11.9. The van der Waals surface area contributed by atoms with E-state index >= 15 is 0 Å². The van der Waals surface area contributed by atoms with E-state index < -0.39 is 11.7 Å². The Labute approximate surface area is 262 Å². The first-order chi connectivity index (χ1) is 21.4. The van der Waals surface area contributed by atoms with Gasteiger partial charge < -0.3 is 44.4 Å². The molecule has 6 rings (SSSR count). The lowest BCUT2D eigenvalue weighted by molar-refractivity contribution is -0.946. The normalized spacial score (nSPS) is 25.7. The van der Waals surface area contributed by atoms with Gasteiger partial charge in [0, 0.05) is 37.4 Å². The molecule has 3 atom stereocenters. The number of fused-ring (bicyclic) bond motifs is 3. The Bertz CT molecular complexity index is 1140. The molecule has 3 aliphatic heterocycles. The first-order valence-corrected chi connectivity index (χ1v) is 16.6. The van der Waals surface area contributed by atoms with Crippen LogP contribution in [0.1, 0.15) is 61.3 Å². The number of rotatable bonds is 18. The number of nitrogens with zero attached hydrogens (tertiary/aromatic N) is 1. The van der Waals surface area contributed by atoms with E-state index in [0.29, 0.717) is 63.2 Å². The Hall–Kier alpha value is -2.08. The lowest BCUT2D eigenvalue weighted by atomic mass is 9.80. The average molecular weight is 614 g/mol. The van der Waals surface area contributed by atoms with Gasteiger partial charge in [-0.25, -0.2) is 0 Å². The van der Waals surface area contributed by atoms with Crippen LogP contribution in [0.3, 0.4) is 0 Å². The van der Waals surface area contributed by atoms with Crippen molar-refractivity contribution in [2.24, 2.45) is 11.8 Å². The second kappa shape index (κ2) is 16.0. The molecule has 0 amide bonds. The third-order valence-electron chi connectivity index (χ3n) is 10.4. The predicted octanol–water partition coefficient (Wildman–Crippen LogP) is 3.24. The Morgan fingerprint density at radius 1 is 0.932 bits per heavy atom. The van der Waals surface area contributed by atoms with Gasteiger partial charge >= 0.3 is 0 Å². The molecule has 4 aliphatic rings. The van der Waals surface area contributed by atoms with E-state index in [1.165, 1.54) is 44.8 Å². The first kappa shape index (κ1) is 33.3. The van der Waals surface area contributed by atoms with E-state index in [4.69, 9.17) is 14.2 Å². The standard InChI is InChI=1S/C35H52N2O7/c38-25-29-22-28(10-11-32(29)39)33(40)23-36-14-18-42-20-21-43-19-17-37-15-12-27(13-16-37)34(24-37)44-26-35(41,31-8-4-5-9-31)30-6-2-1-3-7-30/h1-3,6-7,10-11,22,27,31,33-34,36,38,40-41H,4-5,8-9,12-21,23-26H2/p+1/t27?,33-,34-,35?,37?/m0/s1. The van der Waals surface area contributed by atoms with Crippen molar-refractivity contribution in [2.75, 3.05) is 72.3 Å². The van der Waals surface area contributed by atoms with Crippen LogP contribution in [0.15, 0.2) is 48.5 Å². The molecule has 3 saturated heterocycles. The van der Waals surface area contributed by atoms with Gasteiger partial charge in [0.1, 0.15) is 30.5 Å². The van der Waals surface area contributed by atoms with Gasteiger partial charge in [-0.3, -0.25) is 0 Å². The summed E-state index contributed by atoms with van der Waals surface area (Å²) in [6.07, 6.45) is 6.32. The number of hydrogen-bond acceptors (Lipinski definition) is 8. The minimum absolute atomic E-state index is 0.0254. The molecule has 0 spiro atoms. The zero-order valence-corrected chi connectivity index (χ0v) is 26.1. The lowest BCUT2D eigenvalue weighted by Gasteiger charge is -2.52. The smallest absolute Gasteiger partial charge is 0.121 e. The Morgan fingerprint density at radius 3 is 2.39 bits per heavy atom. The fraction of sp³-hybridized carbons (Fsp3) is 0.657. The highest BCUT2D eigenvalue weighted by atomic mass is 16.5. The molecule has 1 saturated carbocycles. The van der Waals surface area contributed by atoms with Crippen LogP contribution in [0.5, 0.6) is 5.75 Å². The Morgan fingerprint density at radius 2 is 1.66 bits per heavy atom. The van der Waals surface area contributed by atoms with Crippen LogP contribution in [0.25, 0.3) is 0 Å². The van der Waals surface area contributed by atoms with Crippen molar-refractivity contribution in [2.45, 2.75) is 62.9 Å². The molecule has 2 aromatic rings. The summed E-state index contributed by atoms with van der Waals surface area (Å²) >= 11 is 0. The topological polar surface area (TPSA) is 121 Å². The van der Waals surface area contributed by atoms with E-state index in [0.717, 1.165) is 36.0 Å². The average Bonchev–Trinajstić information content (AvgIpc) is 3.62. The molecule has 244 valence electrons. The number of aliphatic hydroxyl groups excluding tert-OH is 2. The zero-order valence-electron chi connectivity index (χ0n) is 26.1. The number of quaternary nitrogens is 1. The molecule has 1 unspecified atom stereocenters. The minimum atomic E-state index is -0.913. The van der Waals surface area contributed by atoms with Crippen LogP contribution in [0.2, 0.25) is 0 Å². The molecule has 44 heavy (non-hydrogen) atoms. The van der Waals surface area contributed by atoms with Crippen LogP contribution in [0, 0.1) is 11.8 Å². The van der Waals surface area contributed by atoms with Crippen molar-refractivity contribution >= 4 is 0 Å². The van der Waals surface area contributed by atoms with Crippen molar-refractivity contribution < 1.29 is 39.1 Å². The van der Waals surface area contributed by atoms with Crippen LogP contribution in [0.4, 0.5) is 0 Å². The molecule has 3 heterocycles. The fourth-order valence-corrected chi connectivity index (χ4v) is 7.55. The maximum Gasteiger partial charge on any atom is 0.121 e. The lowest BCUT2D eigenvalue weighted by Crippen LogP contribution is -2.65. The third-order valence-corrected chi connectivity index (χ3v) is 10.4. The second-order valence-corrected chi connectivity index (χ2v) is 13.1. The number of piperidine rings is 3. The van der Waals surface area contributed by atoms with E-state index in [1.807, 2.05) is 18.2 Å². The Balaban J connectivity index is 0.969. The quantitative estimate of drug-likeness (QED) is 0.128. The summed E-state index contributed by atoms with van der Waals surface area (Å²) in [6.45, 7) is 7.69. The maximum atomic E-state index is 11.9. The first-order valence-electron chi connectivity index (χ1n) is 16.6. The number of phenols is 1. The molecule has 9 heteroatoms. The van der Waals surface area contributed by atoms with Crippen LogP contribution < -0.4 is 5.32 Å². The summed E-state index contributed by atoms with van der Waals surface area (Å²) in [6, 6.07) is 14.9. The van der Waals surface area contributed by atoms with Crippen molar-refractivity contribution in [1.82, 2.24) is 5.32 Å². The highest BCUT2D eigenvalue weighted by molar-refractivity contribution is 5.36. The molecular formula is C35H53N2O7+. The van der Waals surface area contributed by atoms with E-state index in [2.05, 4.69) is 17.4 Å². The van der Waals surface area contributed by atoms with E-state index in [-0.39, 0.29) is 24.4 Å². The van der Waals surface area contributed by atoms with Crippen molar-refractivity contribution in [3.8, 4) is 5.75 Å². The van der Waals surface area contributed by atoms with Gasteiger partial charge in [0.25, 0.3) is 0 Å². The number of benzene rings is 2. The third kappa shape index (κ3) is 8.39. The number of nitrogens with one attached hydrogen (secondary N) is 1. The van der Waals surface area contributed by atoms with Crippen LogP contribution >= 0.6 is 0 Å². The SMILES string of the molecule is OCc1cc([C@@H](O)CNCCOCCOCC[N+]23CCC(CC2)[C@@H](OCC(O)(c2ccccc2)C2CCCC2)C3)ccc1O. The summed E-state index contributed by atoms with van der Waals surface area (Å²) < 4.78 is 19.4. The molecular weight excluding hydrogens is 560 g/mol. The molecule has 1 aliphatic carbocycles. The molecule has 5 N–H and O–H groups in total. The monoisotopic (exact) mass is 613 g/mol. The Kier molecular flexibility index (Phi) is 12.1. The molecule has 4 fully saturated rings. The van der Waals surface area contributed by atoms with Crippen molar-refractivity contribution in [1.29, 1.82) is 0 Å². The molecule has 0 radical (unpaired) electrons.